The Balaban J connectivity index is 1.75. The van der Waals surface area contributed by atoms with Crippen LogP contribution < -0.4 is 5.32 Å². The van der Waals surface area contributed by atoms with Crippen LogP contribution >= 0.6 is 11.3 Å². The van der Waals surface area contributed by atoms with Gasteiger partial charge >= 0.3 is 6.03 Å². The van der Waals surface area contributed by atoms with Crippen molar-refractivity contribution in [2.75, 3.05) is 11.9 Å². The van der Waals surface area contributed by atoms with E-state index in [4.69, 9.17) is 0 Å². The molecule has 0 saturated carbocycles. The SMILES string of the molecule is CCn1cc(NC(=O)N2CCCCC2c2nccs2)c(C)n1. The number of carbonyl (C=O) groups is 1. The molecule has 7 heteroatoms. The molecule has 118 valence electrons. The minimum absolute atomic E-state index is 0.0568. The van der Waals surface area contributed by atoms with Crippen molar-refractivity contribution in [2.45, 2.75) is 45.7 Å². The predicted molar refractivity (Wildman–Crippen MR) is 87.1 cm³/mol. The molecule has 0 radical (unpaired) electrons. The summed E-state index contributed by atoms with van der Waals surface area (Å²) in [7, 11) is 0. The Labute approximate surface area is 134 Å². The van der Waals surface area contributed by atoms with Crippen LogP contribution in [0.2, 0.25) is 0 Å². The van der Waals surface area contributed by atoms with Gasteiger partial charge in [-0.05, 0) is 33.1 Å². The first-order chi connectivity index (χ1) is 10.7. The number of nitrogens with zero attached hydrogens (tertiary/aromatic N) is 4. The fourth-order valence-corrected chi connectivity index (χ4v) is 3.61. The maximum Gasteiger partial charge on any atom is 0.322 e. The average molecular weight is 319 g/mol. The highest BCUT2D eigenvalue weighted by molar-refractivity contribution is 7.09. The third kappa shape index (κ3) is 2.99. The standard InChI is InChI=1S/C15H21N5OS/c1-3-19-10-12(11(2)18-19)17-15(21)20-8-5-4-6-13(20)14-16-7-9-22-14/h7,9-10,13H,3-6,8H2,1-2H3,(H,17,21). The molecule has 1 aliphatic rings. The third-order valence-corrected chi connectivity index (χ3v) is 4.89. The van der Waals surface area contributed by atoms with E-state index in [9.17, 15) is 4.79 Å². The smallest absolute Gasteiger partial charge is 0.315 e. The Morgan fingerprint density at radius 2 is 2.36 bits per heavy atom. The number of anilines is 1. The lowest BCUT2D eigenvalue weighted by Gasteiger charge is -2.34. The topological polar surface area (TPSA) is 63.1 Å². The third-order valence-electron chi connectivity index (χ3n) is 4.01. The zero-order valence-corrected chi connectivity index (χ0v) is 13.8. The molecule has 3 rings (SSSR count). The van der Waals surface area contributed by atoms with E-state index < -0.39 is 0 Å². The number of carbonyl (C=O) groups excluding carboxylic acids is 1. The molecule has 22 heavy (non-hydrogen) atoms. The summed E-state index contributed by atoms with van der Waals surface area (Å²) in [4.78, 5) is 19.0. The maximum absolute atomic E-state index is 12.7. The molecule has 1 unspecified atom stereocenters. The molecule has 2 aromatic rings. The Morgan fingerprint density at radius 3 is 3.05 bits per heavy atom. The molecule has 3 heterocycles. The van der Waals surface area contributed by atoms with Gasteiger partial charge in [-0.15, -0.1) is 11.3 Å². The highest BCUT2D eigenvalue weighted by Gasteiger charge is 2.30. The van der Waals surface area contributed by atoms with Gasteiger partial charge in [0, 0.05) is 30.9 Å². The molecule has 0 aromatic carbocycles. The summed E-state index contributed by atoms with van der Waals surface area (Å²) in [6.07, 6.45) is 6.85. The van der Waals surface area contributed by atoms with E-state index in [1.807, 2.05) is 35.0 Å². The van der Waals surface area contributed by atoms with Gasteiger partial charge in [-0.25, -0.2) is 9.78 Å². The predicted octanol–water partition coefficient (Wildman–Crippen LogP) is 3.43. The first-order valence-corrected chi connectivity index (χ1v) is 8.58. The lowest BCUT2D eigenvalue weighted by atomic mass is 10.0. The number of hydrogen-bond donors (Lipinski definition) is 1. The molecule has 0 spiro atoms. The van der Waals surface area contributed by atoms with E-state index >= 15 is 0 Å². The Kier molecular flexibility index (Phi) is 4.42. The summed E-state index contributed by atoms with van der Waals surface area (Å²) < 4.78 is 1.83. The van der Waals surface area contributed by atoms with Crippen molar-refractivity contribution in [1.29, 1.82) is 0 Å². The number of likely N-dealkylation sites (tertiary alicyclic amines) is 1. The molecule has 1 saturated heterocycles. The number of nitrogens with one attached hydrogen (secondary N) is 1. The Hall–Kier alpha value is -1.89. The average Bonchev–Trinajstić information content (AvgIpc) is 3.17. The first kappa shape index (κ1) is 15.0. The van der Waals surface area contributed by atoms with Crippen LogP contribution in [0.5, 0.6) is 0 Å². The summed E-state index contributed by atoms with van der Waals surface area (Å²) in [5.41, 5.74) is 1.63. The number of aryl methyl sites for hydroxylation is 2. The molecule has 0 bridgehead atoms. The van der Waals surface area contributed by atoms with Gasteiger partial charge in [0.1, 0.15) is 5.01 Å². The van der Waals surface area contributed by atoms with Crippen LogP contribution in [-0.4, -0.2) is 32.2 Å². The minimum Gasteiger partial charge on any atom is -0.315 e. The van der Waals surface area contributed by atoms with E-state index in [1.54, 1.807) is 17.5 Å². The molecule has 1 atom stereocenters. The summed E-state index contributed by atoms with van der Waals surface area (Å²) >= 11 is 1.62. The summed E-state index contributed by atoms with van der Waals surface area (Å²) in [6.45, 7) is 5.51. The van der Waals surface area contributed by atoms with Crippen molar-refractivity contribution < 1.29 is 4.79 Å². The highest BCUT2D eigenvalue weighted by atomic mass is 32.1. The fourth-order valence-electron chi connectivity index (χ4n) is 2.82. The van der Waals surface area contributed by atoms with Gasteiger partial charge in [-0.2, -0.15) is 5.10 Å². The second-order valence-corrected chi connectivity index (χ2v) is 6.42. The van der Waals surface area contributed by atoms with Crippen LogP contribution in [0.4, 0.5) is 10.5 Å². The second kappa shape index (κ2) is 6.48. The molecule has 1 fully saturated rings. The van der Waals surface area contributed by atoms with Crippen LogP contribution in [0.3, 0.4) is 0 Å². The van der Waals surface area contributed by atoms with Crippen LogP contribution in [-0.2, 0) is 6.54 Å². The van der Waals surface area contributed by atoms with Crippen LogP contribution in [0.15, 0.2) is 17.8 Å². The number of urea groups is 1. The van der Waals surface area contributed by atoms with E-state index in [-0.39, 0.29) is 12.1 Å². The van der Waals surface area contributed by atoms with Gasteiger partial charge in [-0.1, -0.05) is 0 Å². The molecule has 2 amide bonds. The quantitative estimate of drug-likeness (QED) is 0.942. The van der Waals surface area contributed by atoms with Gasteiger partial charge in [0.05, 0.1) is 17.4 Å². The Bertz CT molecular complexity index is 636. The monoisotopic (exact) mass is 319 g/mol. The first-order valence-electron chi connectivity index (χ1n) is 7.70. The lowest BCUT2D eigenvalue weighted by molar-refractivity contribution is 0.163. The van der Waals surface area contributed by atoms with Crippen molar-refractivity contribution in [2.24, 2.45) is 0 Å². The van der Waals surface area contributed by atoms with E-state index in [1.165, 1.54) is 0 Å². The lowest BCUT2D eigenvalue weighted by Crippen LogP contribution is -2.41. The van der Waals surface area contributed by atoms with Gasteiger partial charge < -0.3 is 10.2 Å². The number of amides is 2. The normalized spacial score (nSPS) is 18.5. The highest BCUT2D eigenvalue weighted by Crippen LogP contribution is 2.32. The molecule has 0 aliphatic carbocycles. The number of piperidine rings is 1. The molecule has 2 aromatic heterocycles. The molecule has 1 N–H and O–H groups in total. The zero-order chi connectivity index (χ0) is 15.5. The molecule has 1 aliphatic heterocycles. The van der Waals surface area contributed by atoms with Crippen molar-refractivity contribution in [3.63, 3.8) is 0 Å². The zero-order valence-electron chi connectivity index (χ0n) is 13.0. The maximum atomic E-state index is 12.7. The fraction of sp³-hybridized carbons (Fsp3) is 0.533. The van der Waals surface area contributed by atoms with Gasteiger partial charge in [0.15, 0.2) is 0 Å². The largest absolute Gasteiger partial charge is 0.322 e. The number of hydrogen-bond acceptors (Lipinski definition) is 4. The van der Waals surface area contributed by atoms with Crippen molar-refractivity contribution in [3.05, 3.63) is 28.5 Å². The van der Waals surface area contributed by atoms with Gasteiger partial charge in [0.25, 0.3) is 0 Å². The Morgan fingerprint density at radius 1 is 1.50 bits per heavy atom. The van der Waals surface area contributed by atoms with Crippen molar-refractivity contribution >= 4 is 23.1 Å². The van der Waals surface area contributed by atoms with Crippen molar-refractivity contribution in [1.82, 2.24) is 19.7 Å². The molecular formula is C15H21N5OS. The van der Waals surface area contributed by atoms with Crippen molar-refractivity contribution in [3.8, 4) is 0 Å². The van der Waals surface area contributed by atoms with Crippen LogP contribution in [0.1, 0.15) is 42.9 Å². The summed E-state index contributed by atoms with van der Waals surface area (Å²) in [6, 6.07) is 0.0360. The van der Waals surface area contributed by atoms with Gasteiger partial charge in [-0.3, -0.25) is 4.68 Å². The minimum atomic E-state index is -0.0568. The van der Waals surface area contributed by atoms with E-state index in [2.05, 4.69) is 15.4 Å². The second-order valence-electron chi connectivity index (χ2n) is 5.49. The number of rotatable bonds is 3. The van der Waals surface area contributed by atoms with Gasteiger partial charge in [0.2, 0.25) is 0 Å². The number of thiazole rings is 1. The number of aromatic nitrogens is 3. The van der Waals surface area contributed by atoms with Crippen LogP contribution in [0.25, 0.3) is 0 Å². The van der Waals surface area contributed by atoms with Crippen LogP contribution in [0, 0.1) is 6.92 Å². The van der Waals surface area contributed by atoms with E-state index in [0.717, 1.165) is 48.7 Å². The summed E-state index contributed by atoms with van der Waals surface area (Å²) in [5.74, 6) is 0. The molecular weight excluding hydrogens is 298 g/mol. The van der Waals surface area contributed by atoms with E-state index in [0.29, 0.717) is 0 Å². The molecule has 6 nitrogen and oxygen atoms in total. The summed E-state index contributed by atoms with van der Waals surface area (Å²) in [5, 5.41) is 10.4.